The van der Waals surface area contributed by atoms with E-state index in [1.165, 1.54) is 70.6 Å². The van der Waals surface area contributed by atoms with Gasteiger partial charge in [0.15, 0.2) is 0 Å². The minimum absolute atomic E-state index is 0.175. The van der Waals surface area contributed by atoms with Gasteiger partial charge in [-0.1, -0.05) is 72.0 Å². The van der Waals surface area contributed by atoms with E-state index in [1.54, 1.807) is 5.57 Å². The van der Waals surface area contributed by atoms with Crippen molar-refractivity contribution in [3.05, 3.63) is 11.6 Å². The third-order valence-corrected chi connectivity index (χ3v) is 10.2. The van der Waals surface area contributed by atoms with Gasteiger partial charge in [0, 0.05) is 0 Å². The SMILES string of the molecule is CC(C)CCC[C@@H](C)[C@H]1CC[C@H]2[C@@H]3[C@@H](O)C=C4CCCC[C@]4(C)[C@H]3CC[C@]12C. The average Bonchev–Trinajstić information content (AvgIpc) is 2.99. The molecular formula is C27H46O. The van der Waals surface area contributed by atoms with Gasteiger partial charge in [-0.05, 0) is 91.3 Å². The van der Waals surface area contributed by atoms with E-state index in [-0.39, 0.29) is 6.10 Å². The lowest BCUT2D eigenvalue weighted by molar-refractivity contribution is -0.0922. The highest BCUT2D eigenvalue weighted by atomic mass is 16.3. The van der Waals surface area contributed by atoms with Gasteiger partial charge in [-0.3, -0.25) is 0 Å². The predicted molar refractivity (Wildman–Crippen MR) is 119 cm³/mol. The number of aliphatic hydroxyl groups excluding tert-OH is 1. The Balaban J connectivity index is 1.53. The lowest BCUT2D eigenvalue weighted by Gasteiger charge is -2.59. The minimum atomic E-state index is -0.175. The van der Waals surface area contributed by atoms with Crippen molar-refractivity contribution in [2.24, 2.45) is 46.3 Å². The van der Waals surface area contributed by atoms with Crippen molar-refractivity contribution in [1.29, 1.82) is 0 Å². The van der Waals surface area contributed by atoms with E-state index in [9.17, 15) is 5.11 Å². The summed E-state index contributed by atoms with van der Waals surface area (Å²) in [5.74, 6) is 4.57. The third-order valence-electron chi connectivity index (χ3n) is 10.2. The molecule has 1 heteroatoms. The molecule has 0 unspecified atom stereocenters. The average molecular weight is 387 g/mol. The van der Waals surface area contributed by atoms with E-state index in [0.717, 1.165) is 29.6 Å². The summed E-state index contributed by atoms with van der Waals surface area (Å²) in [6, 6.07) is 0. The zero-order chi connectivity index (χ0) is 20.1. The van der Waals surface area contributed by atoms with E-state index in [0.29, 0.717) is 16.7 Å². The van der Waals surface area contributed by atoms with Crippen LogP contribution in [0.3, 0.4) is 0 Å². The number of allylic oxidation sites excluding steroid dienone is 1. The molecule has 1 N–H and O–H groups in total. The monoisotopic (exact) mass is 386 g/mol. The summed E-state index contributed by atoms with van der Waals surface area (Å²) in [7, 11) is 0. The molecule has 4 rings (SSSR count). The Morgan fingerprint density at radius 3 is 2.54 bits per heavy atom. The summed E-state index contributed by atoms with van der Waals surface area (Å²) in [4.78, 5) is 0. The first-order valence-electron chi connectivity index (χ1n) is 12.7. The maximum absolute atomic E-state index is 11.3. The van der Waals surface area contributed by atoms with Crippen molar-refractivity contribution in [3.8, 4) is 0 Å². The molecule has 160 valence electrons. The zero-order valence-electron chi connectivity index (χ0n) is 19.3. The number of fused-ring (bicyclic) bond motifs is 5. The largest absolute Gasteiger partial charge is 0.389 e. The van der Waals surface area contributed by atoms with Gasteiger partial charge in [-0.2, -0.15) is 0 Å². The number of hydrogen-bond acceptors (Lipinski definition) is 1. The molecule has 0 bridgehead atoms. The van der Waals surface area contributed by atoms with Crippen molar-refractivity contribution in [2.75, 3.05) is 0 Å². The zero-order valence-corrected chi connectivity index (χ0v) is 19.3. The molecule has 4 aliphatic carbocycles. The van der Waals surface area contributed by atoms with Gasteiger partial charge in [-0.25, -0.2) is 0 Å². The lowest BCUT2D eigenvalue weighted by Crippen LogP contribution is -2.54. The van der Waals surface area contributed by atoms with Crippen LogP contribution in [0.2, 0.25) is 0 Å². The number of aliphatic hydroxyl groups is 1. The molecule has 28 heavy (non-hydrogen) atoms. The van der Waals surface area contributed by atoms with Crippen LogP contribution in [0.5, 0.6) is 0 Å². The predicted octanol–water partition coefficient (Wildman–Crippen LogP) is 7.39. The van der Waals surface area contributed by atoms with Crippen LogP contribution < -0.4 is 0 Å². The first-order chi connectivity index (χ1) is 13.3. The van der Waals surface area contributed by atoms with Gasteiger partial charge in [0.05, 0.1) is 6.10 Å². The van der Waals surface area contributed by atoms with Crippen LogP contribution in [0.4, 0.5) is 0 Å². The summed E-state index contributed by atoms with van der Waals surface area (Å²) in [5.41, 5.74) is 2.48. The standard InChI is InChI=1S/C27H46O/c1-18(2)9-8-10-19(3)21-12-13-22-25-23(14-16-27(21,22)5)26(4)15-7-6-11-20(26)17-24(25)28/h17-19,21-25,28H,6-16H2,1-5H3/t19-,21-,22+,23+,24+,25+,26+,27-/m1/s1. The number of rotatable bonds is 5. The molecule has 4 aliphatic rings. The highest BCUT2D eigenvalue weighted by molar-refractivity contribution is 5.27. The van der Waals surface area contributed by atoms with Crippen LogP contribution in [-0.2, 0) is 0 Å². The molecule has 8 atom stereocenters. The van der Waals surface area contributed by atoms with Gasteiger partial charge >= 0.3 is 0 Å². The Labute approximate surface area is 174 Å². The smallest absolute Gasteiger partial charge is 0.0757 e. The Bertz CT molecular complexity index is 591. The van der Waals surface area contributed by atoms with Crippen LogP contribution in [0, 0.1) is 46.3 Å². The molecule has 1 nitrogen and oxygen atoms in total. The normalized spacial score (nSPS) is 46.5. The van der Waals surface area contributed by atoms with Crippen LogP contribution in [-0.4, -0.2) is 11.2 Å². The molecule has 0 radical (unpaired) electrons. The van der Waals surface area contributed by atoms with E-state index in [1.807, 2.05) is 0 Å². The lowest BCUT2D eigenvalue weighted by atomic mass is 9.46. The minimum Gasteiger partial charge on any atom is -0.389 e. The summed E-state index contributed by atoms with van der Waals surface area (Å²) in [5, 5.41) is 11.3. The fourth-order valence-electron chi connectivity index (χ4n) is 8.71. The van der Waals surface area contributed by atoms with Gasteiger partial charge in [0.25, 0.3) is 0 Å². The fraction of sp³-hybridized carbons (Fsp3) is 0.926. The van der Waals surface area contributed by atoms with E-state index in [4.69, 9.17) is 0 Å². The first kappa shape index (κ1) is 21.0. The van der Waals surface area contributed by atoms with E-state index < -0.39 is 0 Å². The molecule has 3 fully saturated rings. The molecule has 0 aromatic heterocycles. The highest BCUT2D eigenvalue weighted by Crippen LogP contribution is 2.67. The summed E-state index contributed by atoms with van der Waals surface area (Å²) in [6.07, 6.45) is 17.2. The second-order valence-electron chi connectivity index (χ2n) is 12.1. The first-order valence-corrected chi connectivity index (χ1v) is 12.7. The van der Waals surface area contributed by atoms with Crippen LogP contribution in [0.1, 0.15) is 105 Å². The summed E-state index contributed by atoms with van der Waals surface area (Å²) >= 11 is 0. The van der Waals surface area contributed by atoms with Crippen molar-refractivity contribution in [2.45, 2.75) is 111 Å². The van der Waals surface area contributed by atoms with Crippen molar-refractivity contribution < 1.29 is 5.11 Å². The van der Waals surface area contributed by atoms with Crippen molar-refractivity contribution in [3.63, 3.8) is 0 Å². The third kappa shape index (κ3) is 3.32. The molecule has 3 saturated carbocycles. The summed E-state index contributed by atoms with van der Waals surface area (Å²) in [6.45, 7) is 12.4. The maximum Gasteiger partial charge on any atom is 0.0757 e. The highest BCUT2D eigenvalue weighted by Gasteiger charge is 2.60. The second kappa shape index (κ2) is 7.75. The van der Waals surface area contributed by atoms with Crippen molar-refractivity contribution >= 4 is 0 Å². The Kier molecular flexibility index (Phi) is 5.80. The molecular weight excluding hydrogens is 340 g/mol. The topological polar surface area (TPSA) is 20.2 Å². The van der Waals surface area contributed by atoms with Crippen molar-refractivity contribution in [1.82, 2.24) is 0 Å². The van der Waals surface area contributed by atoms with Gasteiger partial charge in [-0.15, -0.1) is 0 Å². The second-order valence-corrected chi connectivity index (χ2v) is 12.1. The van der Waals surface area contributed by atoms with Crippen LogP contribution in [0.25, 0.3) is 0 Å². The van der Waals surface area contributed by atoms with Gasteiger partial charge in [0.2, 0.25) is 0 Å². The molecule has 0 amide bonds. The molecule has 0 spiro atoms. The van der Waals surface area contributed by atoms with E-state index >= 15 is 0 Å². The Morgan fingerprint density at radius 1 is 1.00 bits per heavy atom. The maximum atomic E-state index is 11.3. The Morgan fingerprint density at radius 2 is 1.79 bits per heavy atom. The molecule has 0 saturated heterocycles. The van der Waals surface area contributed by atoms with E-state index in [2.05, 4.69) is 40.7 Å². The molecule has 0 aromatic rings. The van der Waals surface area contributed by atoms with Gasteiger partial charge < -0.3 is 5.11 Å². The van der Waals surface area contributed by atoms with Crippen LogP contribution >= 0.6 is 0 Å². The van der Waals surface area contributed by atoms with Gasteiger partial charge in [0.1, 0.15) is 0 Å². The Hall–Kier alpha value is -0.300. The number of hydrogen-bond donors (Lipinski definition) is 1. The fourth-order valence-corrected chi connectivity index (χ4v) is 8.71. The molecule has 0 aliphatic heterocycles. The summed E-state index contributed by atoms with van der Waals surface area (Å²) < 4.78 is 0. The quantitative estimate of drug-likeness (QED) is 0.488. The van der Waals surface area contributed by atoms with Crippen LogP contribution in [0.15, 0.2) is 11.6 Å². The molecule has 0 aromatic carbocycles. The molecule has 0 heterocycles.